The van der Waals surface area contributed by atoms with Crippen LogP contribution in [0.15, 0.2) is 35.3 Å². The summed E-state index contributed by atoms with van der Waals surface area (Å²) in [6.07, 6.45) is 1.96. The topological polar surface area (TPSA) is 107 Å². The molecule has 1 aliphatic rings. The van der Waals surface area contributed by atoms with Gasteiger partial charge >= 0.3 is 0 Å². The lowest BCUT2D eigenvalue weighted by Crippen LogP contribution is -2.57. The molecule has 2 aromatic heterocycles. The van der Waals surface area contributed by atoms with E-state index < -0.39 is 23.1 Å². The summed E-state index contributed by atoms with van der Waals surface area (Å²) in [6.45, 7) is 4.21. The Labute approximate surface area is 205 Å². The number of benzene rings is 1. The van der Waals surface area contributed by atoms with E-state index in [-0.39, 0.29) is 42.4 Å². The summed E-state index contributed by atoms with van der Waals surface area (Å²) < 4.78 is 25.7. The average molecular weight is 503 g/mol. The van der Waals surface area contributed by atoms with Crippen molar-refractivity contribution in [3.63, 3.8) is 0 Å². The quantitative estimate of drug-likeness (QED) is 0.505. The van der Waals surface area contributed by atoms with Crippen molar-refractivity contribution in [3.05, 3.63) is 62.8 Å². The molecule has 3 aromatic rings. The van der Waals surface area contributed by atoms with E-state index in [1.807, 2.05) is 13.8 Å². The Bertz CT molecular complexity index is 1270. The van der Waals surface area contributed by atoms with Gasteiger partial charge < -0.3 is 24.0 Å². The molecule has 4 rings (SSSR count). The van der Waals surface area contributed by atoms with Crippen molar-refractivity contribution in [2.24, 2.45) is 0 Å². The highest BCUT2D eigenvalue weighted by atomic mass is 32.1. The number of amides is 1. The minimum absolute atomic E-state index is 0.0853. The van der Waals surface area contributed by atoms with Crippen molar-refractivity contribution in [1.29, 1.82) is 0 Å². The van der Waals surface area contributed by atoms with Gasteiger partial charge in [-0.05, 0) is 31.5 Å². The number of aromatic hydroxyl groups is 1. The third-order valence-corrected chi connectivity index (χ3v) is 6.96. The number of aromatic nitrogens is 3. The number of halogens is 1. The maximum Gasteiger partial charge on any atom is 0.275 e. The highest BCUT2D eigenvalue weighted by Gasteiger charge is 2.43. The van der Waals surface area contributed by atoms with Gasteiger partial charge in [-0.15, -0.1) is 10.2 Å². The van der Waals surface area contributed by atoms with Gasteiger partial charge in [0, 0.05) is 32.9 Å². The predicted octanol–water partition coefficient (Wildman–Crippen LogP) is 2.87. The number of nitrogens with zero attached hydrogens (tertiary/aromatic N) is 4. The zero-order valence-corrected chi connectivity index (χ0v) is 20.7. The van der Waals surface area contributed by atoms with Gasteiger partial charge in [0.15, 0.2) is 16.5 Å². The number of fused-ring (bicyclic) bond motifs is 1. The van der Waals surface area contributed by atoms with Gasteiger partial charge in [0.2, 0.25) is 5.43 Å². The molecule has 0 saturated carbocycles. The van der Waals surface area contributed by atoms with Crippen molar-refractivity contribution in [2.45, 2.75) is 38.4 Å². The summed E-state index contributed by atoms with van der Waals surface area (Å²) in [7, 11) is 3.11. The molecule has 0 saturated heterocycles. The molecule has 2 atom stereocenters. The Morgan fingerprint density at radius 1 is 1.09 bits per heavy atom. The first-order valence-corrected chi connectivity index (χ1v) is 11.9. The van der Waals surface area contributed by atoms with Crippen LogP contribution in [0, 0.1) is 5.82 Å². The van der Waals surface area contributed by atoms with Crippen LogP contribution in [0.2, 0.25) is 0 Å². The van der Waals surface area contributed by atoms with Crippen LogP contribution in [0.1, 0.15) is 40.9 Å². The van der Waals surface area contributed by atoms with Gasteiger partial charge in [0.25, 0.3) is 5.91 Å². The smallest absolute Gasteiger partial charge is 0.275 e. The maximum atomic E-state index is 13.4. The summed E-state index contributed by atoms with van der Waals surface area (Å²) in [4.78, 5) is 28.2. The van der Waals surface area contributed by atoms with Crippen molar-refractivity contribution in [2.75, 3.05) is 27.4 Å². The SMILES string of the molecule is COC[C@@H]1[C@H](COC)n2cc(-c3nnc(Cc4ccc(F)cc4)s3)c(=O)c(O)c2C(=O)N1C(C)C. The molecule has 0 bridgehead atoms. The zero-order chi connectivity index (χ0) is 25.3. The normalized spacial score (nSPS) is 17.8. The summed E-state index contributed by atoms with van der Waals surface area (Å²) in [5.41, 5.74) is 0.204. The first-order valence-electron chi connectivity index (χ1n) is 11.1. The standard InChI is InChI=1S/C24H27FN4O5S/c1-13(2)29-18(12-34-4)17(11-33-3)28-10-16(21(30)22(31)20(28)24(29)32)23-27-26-19(35-23)9-14-5-7-15(25)8-6-14/h5-8,10,13,17-18,31H,9,11-12H2,1-4H3/t17-,18+/m0/s1. The van der Waals surface area contributed by atoms with E-state index in [1.165, 1.54) is 23.5 Å². The Morgan fingerprint density at radius 3 is 2.37 bits per heavy atom. The van der Waals surface area contributed by atoms with Crippen LogP contribution in [-0.4, -0.2) is 70.2 Å². The Kier molecular flexibility index (Phi) is 7.29. The van der Waals surface area contributed by atoms with Gasteiger partial charge in [-0.3, -0.25) is 9.59 Å². The number of carbonyl (C=O) groups is 1. The van der Waals surface area contributed by atoms with E-state index in [2.05, 4.69) is 10.2 Å². The molecule has 9 nitrogen and oxygen atoms in total. The van der Waals surface area contributed by atoms with Gasteiger partial charge in [-0.25, -0.2) is 4.39 Å². The largest absolute Gasteiger partial charge is 0.503 e. The number of rotatable bonds is 8. The molecule has 1 amide bonds. The predicted molar refractivity (Wildman–Crippen MR) is 128 cm³/mol. The molecule has 0 radical (unpaired) electrons. The van der Waals surface area contributed by atoms with Crippen LogP contribution in [0.5, 0.6) is 5.75 Å². The zero-order valence-electron chi connectivity index (χ0n) is 19.9. The van der Waals surface area contributed by atoms with Crippen LogP contribution < -0.4 is 5.43 Å². The molecule has 186 valence electrons. The second kappa shape index (κ2) is 10.2. The van der Waals surface area contributed by atoms with Gasteiger partial charge in [-0.1, -0.05) is 23.5 Å². The Morgan fingerprint density at radius 2 is 1.74 bits per heavy atom. The van der Waals surface area contributed by atoms with Crippen LogP contribution in [0.4, 0.5) is 4.39 Å². The summed E-state index contributed by atoms with van der Waals surface area (Å²) >= 11 is 1.20. The number of methoxy groups -OCH3 is 2. The fourth-order valence-corrected chi connectivity index (χ4v) is 5.32. The molecule has 35 heavy (non-hydrogen) atoms. The first-order chi connectivity index (χ1) is 16.8. The van der Waals surface area contributed by atoms with Gasteiger partial charge in [0.05, 0.1) is 30.9 Å². The van der Waals surface area contributed by atoms with E-state index >= 15 is 0 Å². The number of hydrogen-bond donors (Lipinski definition) is 1. The summed E-state index contributed by atoms with van der Waals surface area (Å²) in [5, 5.41) is 20.2. The highest BCUT2D eigenvalue weighted by molar-refractivity contribution is 7.14. The van der Waals surface area contributed by atoms with E-state index in [0.717, 1.165) is 5.56 Å². The second-order valence-corrected chi connectivity index (χ2v) is 9.69. The second-order valence-electron chi connectivity index (χ2n) is 8.63. The molecule has 0 fully saturated rings. The van der Waals surface area contributed by atoms with Crippen molar-refractivity contribution in [3.8, 4) is 16.3 Å². The lowest BCUT2D eigenvalue weighted by atomic mass is 9.98. The fraction of sp³-hybridized carbons (Fsp3) is 0.417. The van der Waals surface area contributed by atoms with Crippen molar-refractivity contribution in [1.82, 2.24) is 19.7 Å². The van der Waals surface area contributed by atoms with E-state index in [1.54, 1.807) is 42.0 Å². The monoisotopic (exact) mass is 502 g/mol. The summed E-state index contributed by atoms with van der Waals surface area (Å²) in [6, 6.07) is 5.08. The van der Waals surface area contributed by atoms with E-state index in [0.29, 0.717) is 16.4 Å². The molecule has 11 heteroatoms. The lowest BCUT2D eigenvalue weighted by Gasteiger charge is -2.45. The van der Waals surface area contributed by atoms with Gasteiger partial charge in [0.1, 0.15) is 10.8 Å². The fourth-order valence-electron chi connectivity index (χ4n) is 4.44. The molecule has 0 aliphatic carbocycles. The first kappa shape index (κ1) is 25.0. The molecule has 0 unspecified atom stereocenters. The van der Waals surface area contributed by atoms with Gasteiger partial charge in [-0.2, -0.15) is 0 Å². The summed E-state index contributed by atoms with van der Waals surface area (Å²) in [5.74, 6) is -1.41. The molecule has 1 N–H and O–H groups in total. The Hall–Kier alpha value is -3.15. The molecular weight excluding hydrogens is 475 g/mol. The molecule has 0 spiro atoms. The van der Waals surface area contributed by atoms with Crippen LogP contribution in [0.3, 0.4) is 0 Å². The third kappa shape index (κ3) is 4.71. The van der Waals surface area contributed by atoms with Crippen molar-refractivity contribution >= 4 is 17.2 Å². The molecular formula is C24H27FN4O5S. The number of carbonyl (C=O) groups excluding carboxylic acids is 1. The third-order valence-electron chi connectivity index (χ3n) is 6.00. The molecule has 1 aliphatic heterocycles. The van der Waals surface area contributed by atoms with Crippen LogP contribution in [-0.2, 0) is 15.9 Å². The minimum atomic E-state index is -0.695. The average Bonchev–Trinajstić information content (AvgIpc) is 3.28. The minimum Gasteiger partial charge on any atom is -0.503 e. The molecule has 1 aromatic carbocycles. The van der Waals surface area contributed by atoms with E-state index in [4.69, 9.17) is 9.47 Å². The number of hydrogen-bond acceptors (Lipinski definition) is 8. The molecule has 3 heterocycles. The van der Waals surface area contributed by atoms with E-state index in [9.17, 15) is 19.1 Å². The maximum absolute atomic E-state index is 13.4. The van der Waals surface area contributed by atoms with Crippen LogP contribution >= 0.6 is 11.3 Å². The number of ether oxygens (including phenoxy) is 2. The van der Waals surface area contributed by atoms with Crippen molar-refractivity contribution < 1.29 is 23.8 Å². The number of pyridine rings is 1. The van der Waals surface area contributed by atoms with Crippen LogP contribution in [0.25, 0.3) is 10.6 Å². The Balaban J connectivity index is 1.79. The highest BCUT2D eigenvalue weighted by Crippen LogP contribution is 2.35. The lowest BCUT2D eigenvalue weighted by molar-refractivity contribution is 0.00172.